The smallest absolute Gasteiger partial charge is 0.359 e. The first-order chi connectivity index (χ1) is 19.2. The number of carbonyl (C=O) groups is 4. The molecular weight excluding hydrogens is 521 g/mol. The highest BCUT2D eigenvalue weighted by molar-refractivity contribution is 6.25. The number of hydrogen-bond donors (Lipinski definition) is 0. The molecule has 2 saturated heterocycles. The SMILES string of the molecule is O=C(C1=C[C@@H]2[C@H]3C(=O)N(c4cccc(C(F)(F)F)c4)C(=O)[C@H]3[C@H](C(=O)c3ccccc3)N2C=C1)c1ccccc1. The minimum Gasteiger partial charge on any atom is -0.359 e. The van der Waals surface area contributed by atoms with Crippen molar-refractivity contribution >= 4 is 29.1 Å². The average molecular weight is 543 g/mol. The molecule has 4 atom stereocenters. The van der Waals surface area contributed by atoms with Crippen LogP contribution in [0.4, 0.5) is 18.9 Å². The molecule has 9 heteroatoms. The number of benzene rings is 3. The Labute approximate surface area is 227 Å². The number of alkyl halides is 3. The zero-order chi connectivity index (χ0) is 28.2. The first-order valence-corrected chi connectivity index (χ1v) is 12.6. The summed E-state index contributed by atoms with van der Waals surface area (Å²) in [6.45, 7) is 0. The molecule has 0 aliphatic carbocycles. The van der Waals surface area contributed by atoms with E-state index < -0.39 is 53.3 Å². The van der Waals surface area contributed by atoms with Gasteiger partial charge in [0.1, 0.15) is 6.04 Å². The van der Waals surface area contributed by atoms with Crippen LogP contribution in [0.2, 0.25) is 0 Å². The molecule has 3 aliphatic heterocycles. The second-order valence-electron chi connectivity index (χ2n) is 9.86. The van der Waals surface area contributed by atoms with Crippen LogP contribution >= 0.6 is 0 Å². The molecule has 2 amide bonds. The maximum absolute atomic E-state index is 13.8. The van der Waals surface area contributed by atoms with Gasteiger partial charge in [-0.15, -0.1) is 0 Å². The number of rotatable bonds is 5. The van der Waals surface area contributed by atoms with Crippen LogP contribution in [-0.4, -0.2) is 40.4 Å². The van der Waals surface area contributed by atoms with Crippen LogP contribution in [-0.2, 0) is 15.8 Å². The summed E-state index contributed by atoms with van der Waals surface area (Å²) in [5.41, 5.74) is -0.173. The highest BCUT2D eigenvalue weighted by Gasteiger charge is 2.63. The van der Waals surface area contributed by atoms with E-state index in [1.165, 1.54) is 6.07 Å². The summed E-state index contributed by atoms with van der Waals surface area (Å²) in [5.74, 6) is -4.41. The van der Waals surface area contributed by atoms with Crippen LogP contribution in [0.1, 0.15) is 26.3 Å². The standard InChI is InChI=1S/C31H21F3N2O4/c32-31(33,34)21-12-7-13-22(17-21)36-29(39)24-23-16-20(27(37)18-8-3-1-4-9-18)14-15-35(23)26(25(24)30(36)40)28(38)19-10-5-2-6-11-19/h1-17,23-26H/t23-,24-,25-,26-/m1/s1. The van der Waals surface area contributed by atoms with Crippen molar-refractivity contribution in [2.45, 2.75) is 18.3 Å². The molecule has 3 heterocycles. The molecule has 200 valence electrons. The molecule has 0 aromatic heterocycles. The number of hydrogen-bond acceptors (Lipinski definition) is 5. The Morgan fingerprint density at radius 1 is 0.750 bits per heavy atom. The van der Waals surface area contributed by atoms with Gasteiger partial charge in [-0.1, -0.05) is 72.8 Å². The molecular formula is C31H21F3N2O4. The molecule has 2 fully saturated rings. The van der Waals surface area contributed by atoms with Crippen molar-refractivity contribution in [1.82, 2.24) is 4.90 Å². The summed E-state index contributed by atoms with van der Waals surface area (Å²) in [6.07, 6.45) is 0.00746. The lowest BCUT2D eigenvalue weighted by molar-refractivity contribution is -0.137. The molecule has 0 bridgehead atoms. The van der Waals surface area contributed by atoms with E-state index in [4.69, 9.17) is 0 Å². The fraction of sp³-hybridized carbons (Fsp3) is 0.161. The topological polar surface area (TPSA) is 74.8 Å². The first kappa shape index (κ1) is 25.5. The average Bonchev–Trinajstić information content (AvgIpc) is 3.44. The maximum Gasteiger partial charge on any atom is 0.416 e. The Morgan fingerprint density at radius 3 is 2.02 bits per heavy atom. The molecule has 3 aromatic rings. The van der Waals surface area contributed by atoms with Gasteiger partial charge in [0.05, 0.1) is 29.1 Å². The Hall–Kier alpha value is -4.79. The number of fused-ring (bicyclic) bond motifs is 3. The number of halogens is 3. The van der Waals surface area contributed by atoms with Crippen LogP contribution in [0.25, 0.3) is 0 Å². The Morgan fingerprint density at radius 2 is 1.38 bits per heavy atom. The van der Waals surface area contributed by atoms with Gasteiger partial charge in [0.15, 0.2) is 11.6 Å². The van der Waals surface area contributed by atoms with Gasteiger partial charge >= 0.3 is 6.18 Å². The quantitative estimate of drug-likeness (QED) is 0.332. The lowest BCUT2D eigenvalue weighted by Crippen LogP contribution is -2.46. The molecule has 0 spiro atoms. The van der Waals surface area contributed by atoms with E-state index in [0.29, 0.717) is 11.1 Å². The molecule has 6 nitrogen and oxygen atoms in total. The van der Waals surface area contributed by atoms with Crippen LogP contribution in [0.5, 0.6) is 0 Å². The normalized spacial score (nSPS) is 23.6. The lowest BCUT2D eigenvalue weighted by atomic mass is 9.85. The number of nitrogens with zero attached hydrogens (tertiary/aromatic N) is 2. The first-order valence-electron chi connectivity index (χ1n) is 12.6. The third-order valence-corrected chi connectivity index (χ3v) is 7.60. The molecule has 40 heavy (non-hydrogen) atoms. The summed E-state index contributed by atoms with van der Waals surface area (Å²) in [7, 11) is 0. The molecule has 0 radical (unpaired) electrons. The number of ketones is 2. The monoisotopic (exact) mass is 542 g/mol. The Bertz CT molecular complexity index is 1600. The summed E-state index contributed by atoms with van der Waals surface area (Å²) in [4.78, 5) is 57.0. The van der Waals surface area contributed by atoms with Crippen LogP contribution in [0, 0.1) is 11.8 Å². The van der Waals surface area contributed by atoms with E-state index in [2.05, 4.69) is 0 Å². The Kier molecular flexibility index (Phi) is 6.02. The van der Waals surface area contributed by atoms with Crippen molar-refractivity contribution in [3.63, 3.8) is 0 Å². The predicted molar refractivity (Wildman–Crippen MR) is 139 cm³/mol. The van der Waals surface area contributed by atoms with E-state index in [1.807, 2.05) is 0 Å². The second kappa shape index (κ2) is 9.44. The van der Waals surface area contributed by atoms with Crippen LogP contribution in [0.3, 0.4) is 0 Å². The largest absolute Gasteiger partial charge is 0.416 e. The van der Waals surface area contributed by atoms with Gasteiger partial charge in [-0.25, -0.2) is 4.90 Å². The summed E-state index contributed by atoms with van der Waals surface area (Å²) in [5, 5.41) is 0. The zero-order valence-electron chi connectivity index (χ0n) is 20.8. The second-order valence-corrected chi connectivity index (χ2v) is 9.86. The fourth-order valence-corrected chi connectivity index (χ4v) is 5.80. The Balaban J connectivity index is 1.43. The molecule has 0 unspecified atom stereocenters. The third-order valence-electron chi connectivity index (χ3n) is 7.60. The van der Waals surface area contributed by atoms with Crippen molar-refractivity contribution in [3.05, 3.63) is 126 Å². The summed E-state index contributed by atoms with van der Waals surface area (Å²) >= 11 is 0. The third kappa shape index (κ3) is 4.05. The molecule has 0 N–H and O–H groups in total. The van der Waals surface area contributed by atoms with Gasteiger partial charge in [0.2, 0.25) is 11.8 Å². The van der Waals surface area contributed by atoms with Crippen LogP contribution in [0.15, 0.2) is 109 Å². The maximum atomic E-state index is 13.8. The minimum absolute atomic E-state index is 0.215. The van der Waals surface area contributed by atoms with E-state index in [1.54, 1.807) is 83.9 Å². The number of carbonyl (C=O) groups excluding carboxylic acids is 4. The highest BCUT2D eigenvalue weighted by atomic mass is 19.4. The van der Waals surface area contributed by atoms with Gasteiger partial charge in [0, 0.05) is 22.9 Å². The van der Waals surface area contributed by atoms with Crippen molar-refractivity contribution < 1.29 is 32.3 Å². The van der Waals surface area contributed by atoms with Gasteiger partial charge in [-0.05, 0) is 24.3 Å². The minimum atomic E-state index is -4.68. The predicted octanol–water partition coefficient (Wildman–Crippen LogP) is 5.08. The van der Waals surface area contributed by atoms with Crippen molar-refractivity contribution in [2.75, 3.05) is 4.90 Å². The van der Waals surface area contributed by atoms with E-state index >= 15 is 0 Å². The fourth-order valence-electron chi connectivity index (χ4n) is 5.80. The number of Topliss-reactive ketones (excluding diaryl/α,β-unsaturated/α-hetero) is 2. The van der Waals surface area contributed by atoms with Gasteiger partial charge in [-0.3, -0.25) is 19.2 Å². The molecule has 3 aromatic carbocycles. The number of imide groups is 1. The van der Waals surface area contributed by atoms with E-state index in [0.717, 1.165) is 23.1 Å². The van der Waals surface area contributed by atoms with Gasteiger partial charge in [-0.2, -0.15) is 13.2 Å². The highest BCUT2D eigenvalue weighted by Crippen LogP contribution is 2.47. The van der Waals surface area contributed by atoms with E-state index in [-0.39, 0.29) is 17.0 Å². The van der Waals surface area contributed by atoms with Crippen molar-refractivity contribution in [3.8, 4) is 0 Å². The molecule has 0 saturated carbocycles. The van der Waals surface area contributed by atoms with Gasteiger partial charge in [0.25, 0.3) is 0 Å². The summed E-state index contributed by atoms with van der Waals surface area (Å²) in [6, 6.07) is 18.9. The van der Waals surface area contributed by atoms with Crippen molar-refractivity contribution in [1.29, 1.82) is 0 Å². The van der Waals surface area contributed by atoms with E-state index in [9.17, 15) is 32.3 Å². The van der Waals surface area contributed by atoms with Crippen LogP contribution < -0.4 is 4.90 Å². The summed E-state index contributed by atoms with van der Waals surface area (Å²) < 4.78 is 40.3. The molecule has 6 rings (SSSR count). The molecule has 3 aliphatic rings. The van der Waals surface area contributed by atoms with Crippen molar-refractivity contribution in [2.24, 2.45) is 11.8 Å². The number of anilines is 1. The lowest BCUT2D eigenvalue weighted by Gasteiger charge is -2.33. The zero-order valence-corrected chi connectivity index (χ0v) is 20.8. The number of allylic oxidation sites excluding steroid dienone is 2. The number of amides is 2. The van der Waals surface area contributed by atoms with Gasteiger partial charge < -0.3 is 4.90 Å².